The van der Waals surface area contributed by atoms with Gasteiger partial charge in [0.25, 0.3) is 0 Å². The Balaban J connectivity index is 2.42. The average Bonchev–Trinajstić information content (AvgIpc) is 2.76. The van der Waals surface area contributed by atoms with Crippen molar-refractivity contribution in [1.82, 2.24) is 4.98 Å². The van der Waals surface area contributed by atoms with Crippen LogP contribution in [0.4, 0.5) is 0 Å². The molecule has 0 amide bonds. The Morgan fingerprint density at radius 2 is 2.45 bits per heavy atom. The van der Waals surface area contributed by atoms with Crippen molar-refractivity contribution in [3.05, 3.63) is 27.5 Å². The second-order valence-electron chi connectivity index (χ2n) is 2.36. The summed E-state index contributed by atoms with van der Waals surface area (Å²) in [6.45, 7) is 0.762. The largest absolute Gasteiger partial charge is 0.368 e. The van der Waals surface area contributed by atoms with E-state index in [1.54, 1.807) is 6.20 Å². The van der Waals surface area contributed by atoms with Gasteiger partial charge >= 0.3 is 0 Å². The SMILES string of the molecule is Clc1ncc(Br)cc1C1CO1. The van der Waals surface area contributed by atoms with Gasteiger partial charge in [0.1, 0.15) is 11.3 Å². The van der Waals surface area contributed by atoms with Crippen molar-refractivity contribution >= 4 is 27.5 Å². The summed E-state index contributed by atoms with van der Waals surface area (Å²) in [7, 11) is 0. The number of rotatable bonds is 1. The molecule has 0 spiro atoms. The Labute approximate surface area is 77.7 Å². The molecule has 1 saturated heterocycles. The van der Waals surface area contributed by atoms with E-state index in [1.807, 2.05) is 6.07 Å². The van der Waals surface area contributed by atoms with Crippen LogP contribution in [0.3, 0.4) is 0 Å². The molecule has 1 fully saturated rings. The van der Waals surface area contributed by atoms with Gasteiger partial charge in [-0.15, -0.1) is 0 Å². The molecule has 0 aliphatic carbocycles. The van der Waals surface area contributed by atoms with Gasteiger partial charge in [-0.05, 0) is 22.0 Å². The lowest BCUT2D eigenvalue weighted by Gasteiger charge is -1.98. The molecular weight excluding hydrogens is 229 g/mol. The quantitative estimate of drug-likeness (QED) is 0.551. The first-order valence-electron chi connectivity index (χ1n) is 3.20. The van der Waals surface area contributed by atoms with Gasteiger partial charge in [-0.25, -0.2) is 4.98 Å². The predicted octanol–water partition coefficient (Wildman–Crippen LogP) is 2.57. The van der Waals surface area contributed by atoms with Gasteiger partial charge in [-0.1, -0.05) is 11.6 Å². The van der Waals surface area contributed by atoms with Gasteiger partial charge in [0, 0.05) is 16.2 Å². The first kappa shape index (κ1) is 7.53. The fraction of sp³-hybridized carbons (Fsp3) is 0.286. The highest BCUT2D eigenvalue weighted by molar-refractivity contribution is 9.10. The fourth-order valence-electron chi connectivity index (χ4n) is 0.892. The molecule has 1 aliphatic heterocycles. The number of nitrogens with zero attached hydrogens (tertiary/aromatic N) is 1. The van der Waals surface area contributed by atoms with Crippen molar-refractivity contribution in [2.75, 3.05) is 6.61 Å². The van der Waals surface area contributed by atoms with Crippen molar-refractivity contribution in [2.45, 2.75) is 6.10 Å². The molecule has 58 valence electrons. The molecule has 0 aromatic carbocycles. The Bertz CT molecular complexity index is 288. The van der Waals surface area contributed by atoms with Crippen LogP contribution in [-0.4, -0.2) is 11.6 Å². The smallest absolute Gasteiger partial charge is 0.134 e. The molecular formula is C7H5BrClNO. The molecule has 2 heterocycles. The minimum Gasteiger partial charge on any atom is -0.368 e. The minimum absolute atomic E-state index is 0.174. The summed E-state index contributed by atoms with van der Waals surface area (Å²) in [4.78, 5) is 3.98. The number of hydrogen-bond donors (Lipinski definition) is 0. The van der Waals surface area contributed by atoms with Crippen LogP contribution in [0, 0.1) is 0 Å². The van der Waals surface area contributed by atoms with Crippen molar-refractivity contribution in [1.29, 1.82) is 0 Å². The van der Waals surface area contributed by atoms with E-state index in [0.717, 1.165) is 16.6 Å². The van der Waals surface area contributed by atoms with Crippen LogP contribution in [0.2, 0.25) is 5.15 Å². The van der Waals surface area contributed by atoms with Crippen LogP contribution in [0.15, 0.2) is 16.7 Å². The lowest BCUT2D eigenvalue weighted by Crippen LogP contribution is -1.85. The number of aromatic nitrogens is 1. The topological polar surface area (TPSA) is 25.4 Å². The van der Waals surface area contributed by atoms with E-state index in [2.05, 4.69) is 20.9 Å². The predicted molar refractivity (Wildman–Crippen MR) is 45.6 cm³/mol. The van der Waals surface area contributed by atoms with Gasteiger partial charge in [-0.2, -0.15) is 0 Å². The molecule has 0 radical (unpaired) electrons. The molecule has 2 nitrogen and oxygen atoms in total. The average molecular weight is 234 g/mol. The van der Waals surface area contributed by atoms with E-state index < -0.39 is 0 Å². The van der Waals surface area contributed by atoms with E-state index >= 15 is 0 Å². The van der Waals surface area contributed by atoms with Crippen LogP contribution < -0.4 is 0 Å². The molecule has 2 rings (SSSR count). The molecule has 0 N–H and O–H groups in total. The number of pyridine rings is 1. The summed E-state index contributed by atoms with van der Waals surface area (Å²) in [6, 6.07) is 1.94. The minimum atomic E-state index is 0.174. The summed E-state index contributed by atoms with van der Waals surface area (Å²) >= 11 is 9.13. The normalized spacial score (nSPS) is 21.8. The molecule has 1 aliphatic rings. The first-order valence-corrected chi connectivity index (χ1v) is 4.37. The number of epoxide rings is 1. The Morgan fingerprint density at radius 3 is 3.09 bits per heavy atom. The van der Waals surface area contributed by atoms with Gasteiger partial charge in [-0.3, -0.25) is 0 Å². The highest BCUT2D eigenvalue weighted by Crippen LogP contribution is 2.34. The van der Waals surface area contributed by atoms with Gasteiger partial charge in [0.05, 0.1) is 6.61 Å². The van der Waals surface area contributed by atoms with E-state index in [0.29, 0.717) is 5.15 Å². The summed E-state index contributed by atoms with van der Waals surface area (Å²) in [5.41, 5.74) is 0.973. The Kier molecular flexibility index (Phi) is 1.87. The van der Waals surface area contributed by atoms with Crippen LogP contribution in [0.5, 0.6) is 0 Å². The zero-order valence-corrected chi connectivity index (χ0v) is 7.89. The van der Waals surface area contributed by atoms with Crippen molar-refractivity contribution in [2.24, 2.45) is 0 Å². The highest BCUT2D eigenvalue weighted by atomic mass is 79.9. The lowest BCUT2D eigenvalue weighted by atomic mass is 10.2. The molecule has 1 aromatic heterocycles. The summed E-state index contributed by atoms with van der Waals surface area (Å²) in [6.07, 6.45) is 1.85. The lowest BCUT2D eigenvalue weighted by molar-refractivity contribution is 0.415. The third-order valence-corrected chi connectivity index (χ3v) is 2.26. The fourth-order valence-corrected chi connectivity index (χ4v) is 1.47. The van der Waals surface area contributed by atoms with Crippen LogP contribution in [0.1, 0.15) is 11.7 Å². The summed E-state index contributed by atoms with van der Waals surface area (Å²) < 4.78 is 6.02. The van der Waals surface area contributed by atoms with Crippen LogP contribution in [0.25, 0.3) is 0 Å². The van der Waals surface area contributed by atoms with E-state index in [4.69, 9.17) is 16.3 Å². The Morgan fingerprint density at radius 1 is 1.73 bits per heavy atom. The second kappa shape index (κ2) is 2.73. The zero-order valence-electron chi connectivity index (χ0n) is 5.55. The van der Waals surface area contributed by atoms with Gasteiger partial charge in [0.15, 0.2) is 0 Å². The van der Waals surface area contributed by atoms with Crippen LogP contribution >= 0.6 is 27.5 Å². The molecule has 1 aromatic rings. The van der Waals surface area contributed by atoms with E-state index in [1.165, 1.54) is 0 Å². The molecule has 1 unspecified atom stereocenters. The number of hydrogen-bond acceptors (Lipinski definition) is 2. The molecule has 11 heavy (non-hydrogen) atoms. The maximum absolute atomic E-state index is 5.82. The maximum Gasteiger partial charge on any atom is 0.134 e. The molecule has 0 bridgehead atoms. The summed E-state index contributed by atoms with van der Waals surface area (Å²) in [5, 5.41) is 0.538. The highest BCUT2D eigenvalue weighted by Gasteiger charge is 2.27. The van der Waals surface area contributed by atoms with E-state index in [9.17, 15) is 0 Å². The van der Waals surface area contributed by atoms with Crippen molar-refractivity contribution in [3.8, 4) is 0 Å². The third kappa shape index (κ3) is 1.55. The monoisotopic (exact) mass is 233 g/mol. The zero-order chi connectivity index (χ0) is 7.84. The Hall–Kier alpha value is -0.120. The van der Waals surface area contributed by atoms with Crippen molar-refractivity contribution < 1.29 is 4.74 Å². The molecule has 0 saturated carbocycles. The molecule has 1 atom stereocenters. The van der Waals surface area contributed by atoms with Gasteiger partial charge < -0.3 is 4.74 Å². The number of halogens is 2. The van der Waals surface area contributed by atoms with Gasteiger partial charge in [0.2, 0.25) is 0 Å². The van der Waals surface area contributed by atoms with Crippen LogP contribution in [-0.2, 0) is 4.74 Å². The van der Waals surface area contributed by atoms with Crippen molar-refractivity contribution in [3.63, 3.8) is 0 Å². The number of ether oxygens (including phenoxy) is 1. The third-order valence-electron chi connectivity index (χ3n) is 1.51. The molecule has 4 heteroatoms. The second-order valence-corrected chi connectivity index (χ2v) is 3.63. The first-order chi connectivity index (χ1) is 5.27. The van der Waals surface area contributed by atoms with E-state index in [-0.39, 0.29) is 6.10 Å². The maximum atomic E-state index is 5.82. The summed E-state index contributed by atoms with van der Waals surface area (Å²) in [5.74, 6) is 0. The standard InChI is InChI=1S/C7H5BrClNO/c8-4-1-5(6-3-11-6)7(9)10-2-4/h1-2,6H,3H2.